The zero-order valence-electron chi connectivity index (χ0n) is 19.2. The van der Waals surface area contributed by atoms with Gasteiger partial charge in [0.1, 0.15) is 0 Å². The van der Waals surface area contributed by atoms with Crippen LogP contribution in [0, 0.1) is 0 Å². The molecule has 1 aromatic carbocycles. The second-order valence-corrected chi connectivity index (χ2v) is 9.32. The van der Waals surface area contributed by atoms with Crippen LogP contribution in [0.3, 0.4) is 0 Å². The minimum Gasteiger partial charge on any atom is -0.473 e. The van der Waals surface area contributed by atoms with Crippen LogP contribution in [-0.2, 0) is 16.1 Å². The van der Waals surface area contributed by atoms with Crippen LogP contribution in [0.25, 0.3) is 0 Å². The Labute approximate surface area is 192 Å². The molecular weight excluding hydrogens is 406 g/mol. The third-order valence-electron chi connectivity index (χ3n) is 7.16. The summed E-state index contributed by atoms with van der Waals surface area (Å²) in [5.74, 6) is -3.65. The third-order valence-corrected chi connectivity index (χ3v) is 7.16. The highest BCUT2D eigenvalue weighted by molar-refractivity contribution is 6.27. The second kappa shape index (κ2) is 12.9. The highest BCUT2D eigenvalue weighted by Crippen LogP contribution is 2.25. The molecule has 0 aliphatic carbocycles. The molecule has 3 aliphatic heterocycles. The smallest absolute Gasteiger partial charge is 0.414 e. The Morgan fingerprint density at radius 1 is 0.688 bits per heavy atom. The van der Waals surface area contributed by atoms with Crippen LogP contribution in [0.1, 0.15) is 56.9 Å². The number of rotatable bonds is 4. The second-order valence-electron chi connectivity index (χ2n) is 9.32. The van der Waals surface area contributed by atoms with Gasteiger partial charge in [0.2, 0.25) is 0 Å². The summed E-state index contributed by atoms with van der Waals surface area (Å²) in [5, 5.41) is 14.8. The maximum atomic E-state index is 9.10. The van der Waals surface area contributed by atoms with Gasteiger partial charge in [-0.2, -0.15) is 0 Å². The average molecular weight is 446 g/mol. The fourth-order valence-corrected chi connectivity index (χ4v) is 5.36. The van der Waals surface area contributed by atoms with Gasteiger partial charge in [-0.05, 0) is 83.4 Å². The quantitative estimate of drug-likeness (QED) is 0.689. The number of carbonyl (C=O) groups is 2. The molecule has 32 heavy (non-hydrogen) atoms. The minimum absolute atomic E-state index is 0.840. The number of hydrogen-bond donors (Lipinski definition) is 2. The first-order valence-electron chi connectivity index (χ1n) is 12.2. The predicted octanol–water partition coefficient (Wildman–Crippen LogP) is 3.15. The fourth-order valence-electron chi connectivity index (χ4n) is 5.36. The van der Waals surface area contributed by atoms with Crippen molar-refractivity contribution in [1.82, 2.24) is 14.7 Å². The Kier molecular flexibility index (Phi) is 9.96. The van der Waals surface area contributed by atoms with Crippen molar-refractivity contribution in [3.8, 4) is 0 Å². The first kappa shape index (κ1) is 24.7. The van der Waals surface area contributed by atoms with Crippen LogP contribution in [0.4, 0.5) is 0 Å². The molecule has 3 heterocycles. The largest absolute Gasteiger partial charge is 0.473 e. The van der Waals surface area contributed by atoms with E-state index in [-0.39, 0.29) is 0 Å². The van der Waals surface area contributed by atoms with Crippen LogP contribution in [0.5, 0.6) is 0 Å². The summed E-state index contributed by atoms with van der Waals surface area (Å²) in [7, 11) is 0. The Balaban J connectivity index is 0.000000427. The molecule has 3 aliphatic rings. The van der Waals surface area contributed by atoms with E-state index in [9.17, 15) is 0 Å². The zero-order chi connectivity index (χ0) is 22.8. The molecule has 0 amide bonds. The predicted molar refractivity (Wildman–Crippen MR) is 125 cm³/mol. The average Bonchev–Trinajstić information content (AvgIpc) is 3.10. The standard InChI is InChI=1S/C23H37N3.C2H2O4/c1-2-7-15-25(14-6-1)23-12-18-26(19-13-23)22-10-16-24(17-11-22)20-21-8-4-3-5-9-21;3-1(4)2(5)6/h3-5,8-9,22-23H,1-2,6-7,10-20H2;(H,3,4)(H,5,6). The van der Waals surface area contributed by atoms with Gasteiger partial charge in [-0.3, -0.25) is 4.90 Å². The van der Waals surface area contributed by atoms with Crippen LogP contribution in [0.15, 0.2) is 30.3 Å². The fraction of sp³-hybridized carbons (Fsp3) is 0.680. The molecular formula is C25H39N3O4. The van der Waals surface area contributed by atoms with Crippen molar-refractivity contribution in [3.05, 3.63) is 35.9 Å². The Morgan fingerprint density at radius 2 is 1.16 bits per heavy atom. The van der Waals surface area contributed by atoms with Crippen LogP contribution < -0.4 is 0 Å². The van der Waals surface area contributed by atoms with Gasteiger partial charge >= 0.3 is 11.9 Å². The molecule has 0 saturated carbocycles. The summed E-state index contributed by atoms with van der Waals surface area (Å²) in [6.07, 6.45) is 11.3. The van der Waals surface area contributed by atoms with Gasteiger partial charge in [-0.15, -0.1) is 0 Å². The first-order chi connectivity index (χ1) is 15.5. The molecule has 0 radical (unpaired) electrons. The van der Waals surface area contributed by atoms with Crippen molar-refractivity contribution in [2.24, 2.45) is 0 Å². The van der Waals surface area contributed by atoms with E-state index in [2.05, 4.69) is 45.0 Å². The number of aliphatic carboxylic acids is 2. The van der Waals surface area contributed by atoms with Crippen LogP contribution in [-0.4, -0.2) is 88.2 Å². The number of carboxylic acids is 2. The lowest BCUT2D eigenvalue weighted by molar-refractivity contribution is -0.159. The van der Waals surface area contributed by atoms with E-state index in [1.807, 2.05) is 0 Å². The van der Waals surface area contributed by atoms with E-state index in [0.717, 1.165) is 18.6 Å². The summed E-state index contributed by atoms with van der Waals surface area (Å²) in [5.41, 5.74) is 1.46. The van der Waals surface area contributed by atoms with Gasteiger partial charge in [-0.1, -0.05) is 43.2 Å². The van der Waals surface area contributed by atoms with Crippen LogP contribution >= 0.6 is 0 Å². The minimum atomic E-state index is -1.82. The summed E-state index contributed by atoms with van der Waals surface area (Å²) in [6.45, 7) is 9.07. The molecule has 0 atom stereocenters. The topological polar surface area (TPSA) is 84.3 Å². The lowest BCUT2D eigenvalue weighted by atomic mass is 9.96. The number of nitrogens with zero attached hydrogens (tertiary/aromatic N) is 3. The first-order valence-corrected chi connectivity index (χ1v) is 12.2. The SMILES string of the molecule is O=C(O)C(=O)O.c1ccc(CN2CCC(N3CCC(N4CCCCCC4)CC3)CC2)cc1. The molecule has 0 bridgehead atoms. The molecule has 3 saturated heterocycles. The van der Waals surface area contributed by atoms with Gasteiger partial charge in [0.05, 0.1) is 0 Å². The highest BCUT2D eigenvalue weighted by atomic mass is 16.4. The maximum absolute atomic E-state index is 9.10. The normalized spacial score (nSPS) is 22.5. The third kappa shape index (κ3) is 7.87. The molecule has 1 aromatic rings. The van der Waals surface area contributed by atoms with E-state index in [4.69, 9.17) is 19.8 Å². The number of likely N-dealkylation sites (tertiary alicyclic amines) is 3. The van der Waals surface area contributed by atoms with Gasteiger partial charge in [0.15, 0.2) is 0 Å². The summed E-state index contributed by atoms with van der Waals surface area (Å²) >= 11 is 0. The molecule has 0 unspecified atom stereocenters. The van der Waals surface area contributed by atoms with E-state index in [0.29, 0.717) is 0 Å². The van der Waals surface area contributed by atoms with Crippen molar-refractivity contribution in [2.75, 3.05) is 39.3 Å². The molecule has 7 heteroatoms. The molecule has 178 valence electrons. The zero-order valence-corrected chi connectivity index (χ0v) is 19.2. The van der Waals surface area contributed by atoms with Gasteiger partial charge in [-0.25, -0.2) is 9.59 Å². The summed E-state index contributed by atoms with van der Waals surface area (Å²) in [6, 6.07) is 12.7. The van der Waals surface area contributed by atoms with E-state index in [1.165, 1.54) is 96.2 Å². The molecule has 0 aromatic heterocycles. The van der Waals surface area contributed by atoms with Crippen molar-refractivity contribution < 1.29 is 19.8 Å². The van der Waals surface area contributed by atoms with E-state index in [1.54, 1.807) is 0 Å². The Bertz CT molecular complexity index is 678. The van der Waals surface area contributed by atoms with E-state index >= 15 is 0 Å². The summed E-state index contributed by atoms with van der Waals surface area (Å²) in [4.78, 5) is 26.5. The van der Waals surface area contributed by atoms with Gasteiger partial charge in [0, 0.05) is 18.6 Å². The van der Waals surface area contributed by atoms with Gasteiger partial charge in [0.25, 0.3) is 0 Å². The van der Waals surface area contributed by atoms with Crippen molar-refractivity contribution in [3.63, 3.8) is 0 Å². The van der Waals surface area contributed by atoms with Crippen molar-refractivity contribution in [1.29, 1.82) is 0 Å². The number of piperidine rings is 2. The maximum Gasteiger partial charge on any atom is 0.414 e. The number of hydrogen-bond acceptors (Lipinski definition) is 5. The molecule has 2 N–H and O–H groups in total. The van der Waals surface area contributed by atoms with Crippen molar-refractivity contribution >= 4 is 11.9 Å². The molecule has 0 spiro atoms. The Hall–Kier alpha value is -1.96. The molecule has 3 fully saturated rings. The lowest BCUT2D eigenvalue weighted by Crippen LogP contribution is -2.51. The monoisotopic (exact) mass is 445 g/mol. The molecule has 4 rings (SSSR count). The summed E-state index contributed by atoms with van der Waals surface area (Å²) < 4.78 is 0. The highest BCUT2D eigenvalue weighted by Gasteiger charge is 2.30. The van der Waals surface area contributed by atoms with Crippen LogP contribution in [0.2, 0.25) is 0 Å². The number of carboxylic acid groups (broad SMARTS) is 2. The Morgan fingerprint density at radius 3 is 1.66 bits per heavy atom. The number of benzene rings is 1. The lowest BCUT2D eigenvalue weighted by Gasteiger charge is -2.44. The van der Waals surface area contributed by atoms with Gasteiger partial charge < -0.3 is 20.0 Å². The van der Waals surface area contributed by atoms with E-state index < -0.39 is 11.9 Å². The van der Waals surface area contributed by atoms with Crippen molar-refractivity contribution in [2.45, 2.75) is 70.0 Å². The molecule has 7 nitrogen and oxygen atoms in total.